The van der Waals surface area contributed by atoms with Gasteiger partial charge in [0.25, 0.3) is 0 Å². The van der Waals surface area contributed by atoms with Gasteiger partial charge in [-0.25, -0.2) is 0 Å². The van der Waals surface area contributed by atoms with Crippen molar-refractivity contribution >= 4 is 17.3 Å². The molecule has 0 saturated carbocycles. The summed E-state index contributed by atoms with van der Waals surface area (Å²) in [6.07, 6.45) is 1.11. The lowest BCUT2D eigenvalue weighted by Crippen LogP contribution is -2.22. The summed E-state index contributed by atoms with van der Waals surface area (Å²) in [4.78, 5) is 12.2. The summed E-state index contributed by atoms with van der Waals surface area (Å²) >= 11 is 0. The fraction of sp³-hybridized carbons (Fsp3) is 0.318. The quantitative estimate of drug-likeness (QED) is 0.588. The van der Waals surface area contributed by atoms with Gasteiger partial charge in [0.15, 0.2) is 0 Å². The Bertz CT molecular complexity index is 756. The number of carbonyl (C=O) groups excluding carboxylic acids is 1. The van der Waals surface area contributed by atoms with Gasteiger partial charge in [0.2, 0.25) is 5.91 Å². The first-order chi connectivity index (χ1) is 13.0. The summed E-state index contributed by atoms with van der Waals surface area (Å²) in [5.41, 5.74) is 2.43. The molecule has 1 amide bonds. The van der Waals surface area contributed by atoms with E-state index in [0.29, 0.717) is 12.4 Å². The van der Waals surface area contributed by atoms with Crippen molar-refractivity contribution in [3.05, 3.63) is 60.7 Å². The van der Waals surface area contributed by atoms with E-state index in [4.69, 9.17) is 9.47 Å². The second-order valence-electron chi connectivity index (χ2n) is 6.50. The Morgan fingerprint density at radius 2 is 1.85 bits per heavy atom. The van der Waals surface area contributed by atoms with Crippen LogP contribution in [0.3, 0.4) is 0 Å². The number of ether oxygens (including phenoxy) is 2. The summed E-state index contributed by atoms with van der Waals surface area (Å²) in [7, 11) is 0. The molecule has 27 heavy (non-hydrogen) atoms. The highest BCUT2D eigenvalue weighted by Crippen LogP contribution is 2.24. The van der Waals surface area contributed by atoms with Gasteiger partial charge in [-0.2, -0.15) is 0 Å². The molecule has 0 aromatic heterocycles. The SMILES string of the molecule is C=C(C)COc1ccccc1NCC(=O)Nc1ccc(OC(C)CC)cc1. The lowest BCUT2D eigenvalue weighted by Gasteiger charge is -2.14. The highest BCUT2D eigenvalue weighted by molar-refractivity contribution is 5.94. The van der Waals surface area contributed by atoms with Gasteiger partial charge in [0.05, 0.1) is 18.3 Å². The van der Waals surface area contributed by atoms with Crippen molar-refractivity contribution in [1.29, 1.82) is 0 Å². The minimum Gasteiger partial charge on any atom is -0.491 e. The number of para-hydroxylation sites is 2. The molecular formula is C22H28N2O3. The maximum absolute atomic E-state index is 12.2. The monoisotopic (exact) mass is 368 g/mol. The average molecular weight is 368 g/mol. The molecule has 5 heteroatoms. The maximum Gasteiger partial charge on any atom is 0.243 e. The molecule has 2 N–H and O–H groups in total. The standard InChI is InChI=1S/C22H28N2O3/c1-5-17(4)27-19-12-10-18(11-13-19)24-22(25)14-23-20-8-6-7-9-21(20)26-15-16(2)3/h6-13,17,23H,2,5,14-15H2,1,3-4H3,(H,24,25). The van der Waals surface area contributed by atoms with Gasteiger partial charge in [-0.15, -0.1) is 0 Å². The zero-order valence-electron chi connectivity index (χ0n) is 16.2. The van der Waals surface area contributed by atoms with E-state index < -0.39 is 0 Å². The predicted molar refractivity (Wildman–Crippen MR) is 111 cm³/mol. The van der Waals surface area contributed by atoms with Crippen LogP contribution in [0.25, 0.3) is 0 Å². The largest absolute Gasteiger partial charge is 0.491 e. The fourth-order valence-electron chi connectivity index (χ4n) is 2.25. The lowest BCUT2D eigenvalue weighted by molar-refractivity contribution is -0.114. The third-order valence-electron chi connectivity index (χ3n) is 3.85. The van der Waals surface area contributed by atoms with Crippen molar-refractivity contribution in [2.24, 2.45) is 0 Å². The van der Waals surface area contributed by atoms with Gasteiger partial charge in [-0.1, -0.05) is 25.6 Å². The van der Waals surface area contributed by atoms with Crippen molar-refractivity contribution in [3.63, 3.8) is 0 Å². The second-order valence-corrected chi connectivity index (χ2v) is 6.50. The summed E-state index contributed by atoms with van der Waals surface area (Å²) in [5, 5.41) is 5.98. The molecule has 2 rings (SSSR count). The Balaban J connectivity index is 1.87. The molecule has 0 bridgehead atoms. The number of amides is 1. The molecule has 2 aromatic carbocycles. The van der Waals surface area contributed by atoms with E-state index in [0.717, 1.165) is 29.1 Å². The summed E-state index contributed by atoms with van der Waals surface area (Å²) in [5.74, 6) is 1.35. The lowest BCUT2D eigenvalue weighted by atomic mass is 10.2. The van der Waals surface area contributed by atoms with Crippen LogP contribution in [-0.2, 0) is 4.79 Å². The van der Waals surface area contributed by atoms with Crippen molar-refractivity contribution in [3.8, 4) is 11.5 Å². The fourth-order valence-corrected chi connectivity index (χ4v) is 2.25. The van der Waals surface area contributed by atoms with Crippen LogP contribution in [0.5, 0.6) is 11.5 Å². The van der Waals surface area contributed by atoms with Gasteiger partial charge in [-0.3, -0.25) is 4.79 Å². The molecule has 5 nitrogen and oxygen atoms in total. The molecule has 0 aliphatic rings. The molecule has 2 aromatic rings. The van der Waals surface area contributed by atoms with Crippen LogP contribution < -0.4 is 20.1 Å². The van der Waals surface area contributed by atoms with E-state index in [1.165, 1.54) is 0 Å². The van der Waals surface area contributed by atoms with E-state index in [1.54, 1.807) is 0 Å². The number of nitrogens with one attached hydrogen (secondary N) is 2. The molecule has 0 fully saturated rings. The maximum atomic E-state index is 12.2. The highest BCUT2D eigenvalue weighted by atomic mass is 16.5. The van der Waals surface area contributed by atoms with Crippen LogP contribution in [0, 0.1) is 0 Å². The van der Waals surface area contributed by atoms with Gasteiger partial charge in [0.1, 0.15) is 18.1 Å². The molecule has 0 saturated heterocycles. The molecule has 0 radical (unpaired) electrons. The van der Waals surface area contributed by atoms with E-state index >= 15 is 0 Å². The second kappa shape index (κ2) is 10.3. The number of hydrogen-bond donors (Lipinski definition) is 2. The molecule has 0 heterocycles. The zero-order chi connectivity index (χ0) is 19.6. The molecule has 1 unspecified atom stereocenters. The molecule has 1 atom stereocenters. The summed E-state index contributed by atoms with van der Waals surface area (Å²) in [6, 6.07) is 14.9. The van der Waals surface area contributed by atoms with Crippen molar-refractivity contribution in [1.82, 2.24) is 0 Å². The summed E-state index contributed by atoms with van der Waals surface area (Å²) in [6.45, 7) is 10.4. The third kappa shape index (κ3) is 7.05. The van der Waals surface area contributed by atoms with Gasteiger partial charge in [0, 0.05) is 5.69 Å². The van der Waals surface area contributed by atoms with Crippen LogP contribution in [-0.4, -0.2) is 25.2 Å². The number of benzene rings is 2. The molecule has 144 valence electrons. The minimum atomic E-state index is -0.139. The first-order valence-corrected chi connectivity index (χ1v) is 9.14. The van der Waals surface area contributed by atoms with E-state index in [2.05, 4.69) is 24.1 Å². The van der Waals surface area contributed by atoms with E-state index in [-0.39, 0.29) is 18.6 Å². The van der Waals surface area contributed by atoms with Crippen LogP contribution in [0.2, 0.25) is 0 Å². The first kappa shape index (κ1) is 20.4. The molecule has 0 spiro atoms. The normalized spacial score (nSPS) is 11.4. The topological polar surface area (TPSA) is 59.6 Å². The van der Waals surface area contributed by atoms with Crippen LogP contribution in [0.4, 0.5) is 11.4 Å². The average Bonchev–Trinajstić information content (AvgIpc) is 2.66. The Hall–Kier alpha value is -2.95. The number of hydrogen-bond acceptors (Lipinski definition) is 4. The number of rotatable bonds is 10. The Kier molecular flexibility index (Phi) is 7.74. The van der Waals surface area contributed by atoms with Gasteiger partial charge in [-0.05, 0) is 62.2 Å². The Labute approximate surface area is 161 Å². The number of carbonyl (C=O) groups is 1. The molecular weight excluding hydrogens is 340 g/mol. The third-order valence-corrected chi connectivity index (χ3v) is 3.85. The van der Waals surface area contributed by atoms with E-state index in [1.807, 2.05) is 62.4 Å². The smallest absolute Gasteiger partial charge is 0.243 e. The van der Waals surface area contributed by atoms with Crippen molar-refractivity contribution in [2.75, 3.05) is 23.8 Å². The van der Waals surface area contributed by atoms with E-state index in [9.17, 15) is 4.79 Å². The zero-order valence-corrected chi connectivity index (χ0v) is 16.2. The predicted octanol–water partition coefficient (Wildman–Crippen LogP) is 4.87. The molecule has 0 aliphatic carbocycles. The first-order valence-electron chi connectivity index (χ1n) is 9.14. The van der Waals surface area contributed by atoms with Crippen LogP contribution in [0.15, 0.2) is 60.7 Å². The number of anilines is 2. The van der Waals surface area contributed by atoms with Crippen LogP contribution >= 0.6 is 0 Å². The minimum absolute atomic E-state index is 0.137. The highest BCUT2D eigenvalue weighted by Gasteiger charge is 2.07. The molecule has 0 aliphatic heterocycles. The van der Waals surface area contributed by atoms with Crippen molar-refractivity contribution in [2.45, 2.75) is 33.3 Å². The van der Waals surface area contributed by atoms with Gasteiger partial charge < -0.3 is 20.1 Å². The van der Waals surface area contributed by atoms with Crippen molar-refractivity contribution < 1.29 is 14.3 Å². The summed E-state index contributed by atoms with van der Waals surface area (Å²) < 4.78 is 11.4. The Morgan fingerprint density at radius 1 is 1.15 bits per heavy atom. The van der Waals surface area contributed by atoms with Crippen LogP contribution in [0.1, 0.15) is 27.2 Å². The van der Waals surface area contributed by atoms with Gasteiger partial charge >= 0.3 is 0 Å². The Morgan fingerprint density at radius 3 is 2.52 bits per heavy atom.